The molecule has 0 N–H and O–H groups in total. The average Bonchev–Trinajstić information content (AvgIpc) is 3.20. The Morgan fingerprint density at radius 2 is 1.15 bits per heavy atom. The minimum absolute atomic E-state index is 0.702. The van der Waals surface area contributed by atoms with E-state index in [4.69, 9.17) is 13.9 Å². The molecule has 0 atom stereocenters. The van der Waals surface area contributed by atoms with E-state index in [1.807, 2.05) is 0 Å². The van der Waals surface area contributed by atoms with Crippen LogP contribution in [0.2, 0.25) is 0 Å². The summed E-state index contributed by atoms with van der Waals surface area (Å²) in [5.74, 6) is 1.59. The Hall–Kier alpha value is -2.16. The number of rotatable bonds is 16. The molecule has 33 heavy (non-hydrogen) atoms. The van der Waals surface area contributed by atoms with E-state index < -0.39 is 0 Å². The number of benzene rings is 2. The number of ether oxygens (including phenoxy) is 2. The fourth-order valence-corrected chi connectivity index (χ4v) is 4.47. The topological polar surface area (TPSA) is 31.6 Å². The Kier molecular flexibility index (Phi) is 10.4. The van der Waals surface area contributed by atoms with Gasteiger partial charge in [-0.15, -0.1) is 0 Å². The molecule has 0 aliphatic heterocycles. The summed E-state index contributed by atoms with van der Waals surface area (Å²) in [6.45, 7) is 10.2. The first kappa shape index (κ1) is 25.5. The third-order valence-electron chi connectivity index (χ3n) is 6.75. The summed E-state index contributed by atoms with van der Waals surface area (Å²) in [5.41, 5.74) is 4.23. The van der Waals surface area contributed by atoms with Gasteiger partial charge in [0.05, 0.1) is 13.2 Å². The Balaban J connectivity index is 1.73. The van der Waals surface area contributed by atoms with Crippen LogP contribution in [0.3, 0.4) is 0 Å². The molecule has 0 spiro atoms. The molecular weight excluding hydrogens is 408 g/mol. The van der Waals surface area contributed by atoms with Gasteiger partial charge in [-0.2, -0.15) is 0 Å². The van der Waals surface area contributed by atoms with Gasteiger partial charge in [0, 0.05) is 10.8 Å². The Labute approximate surface area is 200 Å². The lowest BCUT2D eigenvalue weighted by Gasteiger charge is -2.13. The van der Waals surface area contributed by atoms with E-state index in [2.05, 4.69) is 52.0 Å². The largest absolute Gasteiger partial charge is 0.490 e. The van der Waals surface area contributed by atoms with Crippen LogP contribution in [0.1, 0.15) is 102 Å². The van der Waals surface area contributed by atoms with Crippen molar-refractivity contribution in [3.05, 3.63) is 35.4 Å². The number of fused-ring (bicyclic) bond motifs is 3. The summed E-state index contributed by atoms with van der Waals surface area (Å²) in [7, 11) is 0. The zero-order chi connectivity index (χ0) is 23.5. The smallest absolute Gasteiger partial charge is 0.204 e. The molecular formula is C30H44O3. The van der Waals surface area contributed by atoms with Crippen LogP contribution in [0.5, 0.6) is 11.5 Å². The lowest BCUT2D eigenvalue weighted by molar-refractivity contribution is 0.258. The lowest BCUT2D eigenvalue weighted by Crippen LogP contribution is -2.03. The minimum atomic E-state index is 0.702. The maximum Gasteiger partial charge on any atom is 0.204 e. The summed E-state index contributed by atoms with van der Waals surface area (Å²) in [6.07, 6.45) is 15.0. The summed E-state index contributed by atoms with van der Waals surface area (Å²) in [6, 6.07) is 8.54. The predicted octanol–water partition coefficient (Wildman–Crippen LogP) is 9.68. The van der Waals surface area contributed by atoms with Crippen molar-refractivity contribution in [1.82, 2.24) is 0 Å². The highest BCUT2D eigenvalue weighted by Gasteiger charge is 2.18. The van der Waals surface area contributed by atoms with E-state index in [0.29, 0.717) is 6.61 Å². The van der Waals surface area contributed by atoms with Crippen molar-refractivity contribution in [1.29, 1.82) is 0 Å². The first-order chi connectivity index (χ1) is 16.2. The van der Waals surface area contributed by atoms with Crippen molar-refractivity contribution in [2.75, 3.05) is 13.2 Å². The van der Waals surface area contributed by atoms with E-state index in [-0.39, 0.29) is 0 Å². The van der Waals surface area contributed by atoms with E-state index in [1.54, 1.807) is 0 Å². The van der Waals surface area contributed by atoms with Crippen molar-refractivity contribution in [2.45, 2.75) is 105 Å². The highest BCUT2D eigenvalue weighted by molar-refractivity contribution is 6.08. The second-order valence-electron chi connectivity index (χ2n) is 9.49. The first-order valence-electron chi connectivity index (χ1n) is 13.4. The lowest BCUT2D eigenvalue weighted by atomic mass is 10.1. The molecule has 0 saturated heterocycles. The number of furan rings is 1. The molecule has 0 amide bonds. The Morgan fingerprint density at radius 1 is 0.606 bits per heavy atom. The molecule has 0 aliphatic rings. The second-order valence-corrected chi connectivity index (χ2v) is 9.49. The van der Waals surface area contributed by atoms with Gasteiger partial charge in [-0.3, -0.25) is 0 Å². The molecule has 3 nitrogen and oxygen atoms in total. The zero-order valence-electron chi connectivity index (χ0n) is 21.4. The van der Waals surface area contributed by atoms with Gasteiger partial charge >= 0.3 is 0 Å². The molecule has 3 heteroatoms. The van der Waals surface area contributed by atoms with Crippen molar-refractivity contribution >= 4 is 21.9 Å². The van der Waals surface area contributed by atoms with Crippen molar-refractivity contribution < 1.29 is 13.9 Å². The van der Waals surface area contributed by atoms with Gasteiger partial charge in [0.15, 0.2) is 11.3 Å². The quantitative estimate of drug-likeness (QED) is 0.203. The first-order valence-corrected chi connectivity index (χ1v) is 13.4. The number of unbranched alkanes of at least 4 members (excludes halogenated alkanes) is 10. The zero-order valence-corrected chi connectivity index (χ0v) is 21.4. The van der Waals surface area contributed by atoms with Crippen LogP contribution in [0, 0.1) is 13.8 Å². The molecule has 0 bridgehead atoms. The van der Waals surface area contributed by atoms with Crippen molar-refractivity contribution in [2.24, 2.45) is 0 Å². The molecule has 0 aliphatic carbocycles. The molecule has 3 aromatic rings. The Bertz CT molecular complexity index is 985. The van der Waals surface area contributed by atoms with Gasteiger partial charge < -0.3 is 13.9 Å². The summed E-state index contributed by atoms with van der Waals surface area (Å²) < 4.78 is 19.0. The van der Waals surface area contributed by atoms with Crippen molar-refractivity contribution in [3.8, 4) is 11.5 Å². The molecule has 1 heterocycles. The molecule has 0 radical (unpaired) electrons. The van der Waals surface area contributed by atoms with Crippen LogP contribution in [0.4, 0.5) is 0 Å². The molecule has 2 aromatic carbocycles. The van der Waals surface area contributed by atoms with Gasteiger partial charge in [-0.1, -0.05) is 90.2 Å². The van der Waals surface area contributed by atoms with E-state index in [0.717, 1.165) is 52.9 Å². The molecule has 1 aromatic heterocycles. The van der Waals surface area contributed by atoms with Gasteiger partial charge in [0.2, 0.25) is 5.75 Å². The van der Waals surface area contributed by atoms with Crippen LogP contribution in [-0.2, 0) is 0 Å². The van der Waals surface area contributed by atoms with Crippen LogP contribution in [0.15, 0.2) is 28.7 Å². The molecule has 3 rings (SSSR count). The highest BCUT2D eigenvalue weighted by Crippen LogP contribution is 2.42. The van der Waals surface area contributed by atoms with Crippen molar-refractivity contribution in [3.63, 3.8) is 0 Å². The molecule has 182 valence electrons. The summed E-state index contributed by atoms with van der Waals surface area (Å²) in [4.78, 5) is 0. The SMILES string of the molecule is CCCCCCCCOc1ccc2c(oc3c(C)c(C)ccc32)c1OCCCCCCCC. The number of hydrogen-bond donors (Lipinski definition) is 0. The molecule has 0 fully saturated rings. The van der Waals surface area contributed by atoms with Gasteiger partial charge in [-0.25, -0.2) is 0 Å². The van der Waals surface area contributed by atoms with Crippen LogP contribution < -0.4 is 9.47 Å². The number of aryl methyl sites for hydroxylation is 2. The third kappa shape index (κ3) is 6.91. The molecule has 0 unspecified atom stereocenters. The standard InChI is InChI=1S/C30H44O3/c1-5-7-9-11-13-15-21-31-27-20-19-26-25-18-17-23(3)24(4)28(25)33-29(26)30(27)32-22-16-14-12-10-8-6-2/h17-20H,5-16,21-22H2,1-4H3. The van der Waals surface area contributed by atoms with Gasteiger partial charge in [0.1, 0.15) is 5.58 Å². The maximum absolute atomic E-state index is 6.41. The van der Waals surface area contributed by atoms with Gasteiger partial charge in [-0.05, 0) is 49.9 Å². The highest BCUT2D eigenvalue weighted by atomic mass is 16.5. The normalized spacial score (nSPS) is 11.5. The fourth-order valence-electron chi connectivity index (χ4n) is 4.47. The molecule has 0 saturated carbocycles. The Morgan fingerprint density at radius 3 is 1.82 bits per heavy atom. The predicted molar refractivity (Wildman–Crippen MR) is 141 cm³/mol. The van der Waals surface area contributed by atoms with Crippen LogP contribution in [-0.4, -0.2) is 13.2 Å². The summed E-state index contributed by atoms with van der Waals surface area (Å²) in [5, 5.41) is 2.26. The van der Waals surface area contributed by atoms with Crippen LogP contribution >= 0.6 is 0 Å². The van der Waals surface area contributed by atoms with E-state index in [1.165, 1.54) is 75.3 Å². The minimum Gasteiger partial charge on any atom is -0.490 e. The second kappa shape index (κ2) is 13.5. The number of hydrogen-bond acceptors (Lipinski definition) is 3. The van der Waals surface area contributed by atoms with E-state index >= 15 is 0 Å². The maximum atomic E-state index is 6.41. The van der Waals surface area contributed by atoms with Gasteiger partial charge in [0.25, 0.3) is 0 Å². The fraction of sp³-hybridized carbons (Fsp3) is 0.600. The average molecular weight is 453 g/mol. The van der Waals surface area contributed by atoms with Crippen LogP contribution in [0.25, 0.3) is 21.9 Å². The van der Waals surface area contributed by atoms with E-state index in [9.17, 15) is 0 Å². The third-order valence-corrected chi connectivity index (χ3v) is 6.75. The monoisotopic (exact) mass is 452 g/mol. The summed E-state index contributed by atoms with van der Waals surface area (Å²) >= 11 is 0.